The van der Waals surface area contributed by atoms with Crippen LogP contribution in [0.2, 0.25) is 0 Å². The summed E-state index contributed by atoms with van der Waals surface area (Å²) in [4.78, 5) is 0. The molecule has 6 atom stereocenters. The van der Waals surface area contributed by atoms with Crippen molar-refractivity contribution >= 4 is 0 Å². The van der Waals surface area contributed by atoms with E-state index in [1.165, 1.54) is 44.9 Å². The first kappa shape index (κ1) is 13.2. The van der Waals surface area contributed by atoms with Crippen molar-refractivity contribution in [1.29, 1.82) is 0 Å². The maximum atomic E-state index is 5.73. The van der Waals surface area contributed by atoms with Gasteiger partial charge in [-0.15, -0.1) is 12.3 Å². The molecule has 4 aliphatic carbocycles. The Morgan fingerprint density at radius 2 is 1.70 bits per heavy atom. The molecule has 4 saturated carbocycles. The van der Waals surface area contributed by atoms with Gasteiger partial charge in [0.2, 0.25) is 0 Å². The topological polar surface area (TPSA) is 0 Å². The molecule has 4 fully saturated rings. The molecule has 0 saturated heterocycles. The van der Waals surface area contributed by atoms with E-state index in [0.29, 0.717) is 5.41 Å². The lowest BCUT2D eigenvalue weighted by Gasteiger charge is -2.55. The minimum atomic E-state index is 0.581. The van der Waals surface area contributed by atoms with Gasteiger partial charge >= 0.3 is 0 Å². The van der Waals surface area contributed by atoms with Crippen LogP contribution in [-0.4, -0.2) is 0 Å². The Labute approximate surface area is 125 Å². The number of fused-ring (bicyclic) bond motifs is 5. The third kappa shape index (κ3) is 1.88. The molecule has 0 aliphatic heterocycles. The first-order valence-electron chi connectivity index (χ1n) is 9.27. The van der Waals surface area contributed by atoms with Crippen LogP contribution in [0.25, 0.3) is 0 Å². The second kappa shape index (κ2) is 5.08. The normalized spacial score (nSPS) is 50.6. The lowest BCUT2D eigenvalue weighted by atomic mass is 9.50. The molecule has 0 amide bonds. The summed E-state index contributed by atoms with van der Waals surface area (Å²) in [7, 11) is 0. The largest absolute Gasteiger partial charge is 0.120 e. The van der Waals surface area contributed by atoms with Gasteiger partial charge in [-0.1, -0.05) is 25.7 Å². The van der Waals surface area contributed by atoms with E-state index in [-0.39, 0.29) is 0 Å². The molecule has 0 heterocycles. The van der Waals surface area contributed by atoms with E-state index in [0.717, 1.165) is 36.0 Å². The average Bonchev–Trinajstić information content (AvgIpc) is 2.91. The maximum absolute atomic E-state index is 5.73. The van der Waals surface area contributed by atoms with Gasteiger partial charge in [-0.3, -0.25) is 0 Å². The van der Waals surface area contributed by atoms with E-state index >= 15 is 0 Å². The summed E-state index contributed by atoms with van der Waals surface area (Å²) in [5.74, 6) is 8.40. The molecular formula is C20H30. The van der Waals surface area contributed by atoms with Gasteiger partial charge in [0.05, 0.1) is 0 Å². The molecule has 0 bridgehead atoms. The smallest absolute Gasteiger partial charge is 0.0145 e. The predicted molar refractivity (Wildman–Crippen MR) is 84.1 cm³/mol. The van der Waals surface area contributed by atoms with E-state index in [1.54, 1.807) is 25.7 Å². The molecule has 20 heavy (non-hydrogen) atoms. The Hall–Kier alpha value is -0.440. The fourth-order valence-electron chi connectivity index (χ4n) is 7.13. The Balaban J connectivity index is 1.58. The summed E-state index contributed by atoms with van der Waals surface area (Å²) in [6.07, 6.45) is 23.4. The molecule has 0 aromatic carbocycles. The van der Waals surface area contributed by atoms with Crippen molar-refractivity contribution in [3.8, 4) is 12.3 Å². The van der Waals surface area contributed by atoms with Crippen molar-refractivity contribution in [3.05, 3.63) is 0 Å². The molecule has 110 valence electrons. The minimum Gasteiger partial charge on any atom is -0.120 e. The number of hydrogen-bond donors (Lipinski definition) is 0. The number of rotatable bonds is 1. The summed E-state index contributed by atoms with van der Waals surface area (Å²) in [5.41, 5.74) is 0.581. The Bertz CT molecular complexity index is 403. The fraction of sp³-hybridized carbons (Fsp3) is 0.900. The summed E-state index contributed by atoms with van der Waals surface area (Å²) in [6.45, 7) is 0. The zero-order valence-electron chi connectivity index (χ0n) is 12.9. The van der Waals surface area contributed by atoms with E-state index in [9.17, 15) is 0 Å². The van der Waals surface area contributed by atoms with Crippen LogP contribution in [0, 0.1) is 47.3 Å². The first-order chi connectivity index (χ1) is 9.84. The van der Waals surface area contributed by atoms with Crippen LogP contribution in [0.1, 0.15) is 77.0 Å². The van der Waals surface area contributed by atoms with Gasteiger partial charge < -0.3 is 0 Å². The van der Waals surface area contributed by atoms with Gasteiger partial charge in [0.15, 0.2) is 0 Å². The highest BCUT2D eigenvalue weighted by molar-refractivity contribution is 5.08. The van der Waals surface area contributed by atoms with Crippen molar-refractivity contribution < 1.29 is 0 Å². The summed E-state index contributed by atoms with van der Waals surface area (Å²) < 4.78 is 0. The number of terminal acetylenes is 1. The van der Waals surface area contributed by atoms with Crippen molar-refractivity contribution in [2.45, 2.75) is 77.0 Å². The summed E-state index contributed by atoms with van der Waals surface area (Å²) in [5, 5.41) is 0. The Morgan fingerprint density at radius 3 is 2.60 bits per heavy atom. The van der Waals surface area contributed by atoms with Crippen LogP contribution in [0.15, 0.2) is 0 Å². The summed E-state index contributed by atoms with van der Waals surface area (Å²) >= 11 is 0. The molecule has 0 aromatic rings. The zero-order chi connectivity index (χ0) is 13.6. The second-order valence-electron chi connectivity index (χ2n) is 8.39. The van der Waals surface area contributed by atoms with Gasteiger partial charge in [-0.05, 0) is 80.0 Å². The van der Waals surface area contributed by atoms with Crippen LogP contribution in [0.4, 0.5) is 0 Å². The molecule has 0 spiro atoms. The Morgan fingerprint density at radius 1 is 0.800 bits per heavy atom. The molecule has 0 nitrogen and oxygen atoms in total. The van der Waals surface area contributed by atoms with E-state index in [2.05, 4.69) is 5.92 Å². The average molecular weight is 270 g/mol. The highest BCUT2D eigenvalue weighted by Gasteiger charge is 2.54. The highest BCUT2D eigenvalue weighted by atomic mass is 14.6. The molecule has 4 aliphatic rings. The fourth-order valence-corrected chi connectivity index (χ4v) is 7.13. The van der Waals surface area contributed by atoms with Crippen LogP contribution in [0.3, 0.4) is 0 Å². The van der Waals surface area contributed by atoms with E-state index < -0.39 is 0 Å². The highest BCUT2D eigenvalue weighted by Crippen LogP contribution is 2.63. The molecule has 1 unspecified atom stereocenters. The van der Waals surface area contributed by atoms with Gasteiger partial charge in [0, 0.05) is 6.42 Å². The summed E-state index contributed by atoms with van der Waals surface area (Å²) in [6, 6.07) is 0. The van der Waals surface area contributed by atoms with E-state index in [1.807, 2.05) is 0 Å². The molecule has 0 aromatic heterocycles. The lowest BCUT2D eigenvalue weighted by Crippen LogP contribution is -2.47. The van der Waals surface area contributed by atoms with Gasteiger partial charge in [0.1, 0.15) is 0 Å². The molecule has 0 radical (unpaired) electrons. The quantitative estimate of drug-likeness (QED) is 0.558. The predicted octanol–water partition coefficient (Wildman–Crippen LogP) is 5.42. The van der Waals surface area contributed by atoms with Crippen LogP contribution < -0.4 is 0 Å². The monoisotopic (exact) mass is 270 g/mol. The SMILES string of the molecule is C#CC[C@@]12CCC[C@H]1[C@@H]1CCC3CCCC[C@@H]3[C@H]1CC2. The van der Waals surface area contributed by atoms with Crippen molar-refractivity contribution in [1.82, 2.24) is 0 Å². The molecule has 4 rings (SSSR count). The van der Waals surface area contributed by atoms with Gasteiger partial charge in [-0.25, -0.2) is 0 Å². The molecular weight excluding hydrogens is 240 g/mol. The zero-order valence-corrected chi connectivity index (χ0v) is 12.9. The Kier molecular flexibility index (Phi) is 3.36. The molecule has 0 heteroatoms. The van der Waals surface area contributed by atoms with E-state index in [4.69, 9.17) is 6.42 Å². The lowest BCUT2D eigenvalue weighted by molar-refractivity contribution is -0.0541. The van der Waals surface area contributed by atoms with Crippen LogP contribution in [0.5, 0.6) is 0 Å². The van der Waals surface area contributed by atoms with Gasteiger partial charge in [-0.2, -0.15) is 0 Å². The van der Waals surface area contributed by atoms with Crippen molar-refractivity contribution in [3.63, 3.8) is 0 Å². The van der Waals surface area contributed by atoms with Gasteiger partial charge in [0.25, 0.3) is 0 Å². The van der Waals surface area contributed by atoms with Crippen molar-refractivity contribution in [2.75, 3.05) is 0 Å². The van der Waals surface area contributed by atoms with Crippen LogP contribution >= 0.6 is 0 Å². The number of hydrogen-bond acceptors (Lipinski definition) is 0. The maximum Gasteiger partial charge on any atom is 0.0145 e. The first-order valence-corrected chi connectivity index (χ1v) is 9.27. The second-order valence-corrected chi connectivity index (χ2v) is 8.39. The van der Waals surface area contributed by atoms with Crippen molar-refractivity contribution in [2.24, 2.45) is 35.0 Å². The molecule has 0 N–H and O–H groups in total. The third-order valence-corrected chi connectivity index (χ3v) is 7.86. The minimum absolute atomic E-state index is 0.581. The van der Waals surface area contributed by atoms with Crippen LogP contribution in [-0.2, 0) is 0 Å². The third-order valence-electron chi connectivity index (χ3n) is 7.86. The standard InChI is InChI=1S/C20H30/c1-2-12-20-13-5-8-19(20)18-10-9-15-6-3-4-7-16(15)17(18)11-14-20/h1,15-19H,3-14H2/t15?,16-,17+,18+,19-,20-/m0/s1.